The number of esters is 1. The molecule has 8 atom stereocenters. The van der Waals surface area contributed by atoms with Crippen molar-refractivity contribution in [2.24, 2.45) is 35.0 Å². The van der Waals surface area contributed by atoms with Crippen LogP contribution in [0.15, 0.2) is 97.3 Å². The molecule has 0 aliphatic carbocycles. The molecule has 2 heterocycles. The van der Waals surface area contributed by atoms with E-state index in [4.69, 9.17) is 18.9 Å². The molecule has 2 aliphatic heterocycles. The number of allylic oxidation sites excluding steroid dienone is 2. The van der Waals surface area contributed by atoms with Crippen LogP contribution < -0.4 is 25.4 Å². The maximum absolute atomic E-state index is 14.8. The van der Waals surface area contributed by atoms with Crippen LogP contribution in [0.2, 0.25) is 0 Å². The summed E-state index contributed by atoms with van der Waals surface area (Å²) in [5.74, 6) is -6.17. The van der Waals surface area contributed by atoms with Gasteiger partial charge < -0.3 is 44.7 Å². The summed E-state index contributed by atoms with van der Waals surface area (Å²) in [6.07, 6.45) is 5.98. The lowest BCUT2D eigenvalue weighted by atomic mass is 9.82. The minimum atomic E-state index is -1.33. The molecule has 3 N–H and O–H groups in total. The summed E-state index contributed by atoms with van der Waals surface area (Å²) < 4.78 is 23.3. The van der Waals surface area contributed by atoms with Gasteiger partial charge in [0.25, 0.3) is 5.91 Å². The van der Waals surface area contributed by atoms with Crippen LogP contribution in [0, 0.1) is 35.0 Å². The Hall–Kier alpha value is -7.63. The Balaban J connectivity index is 1.48. The van der Waals surface area contributed by atoms with E-state index in [1.54, 1.807) is 77.3 Å². The first-order chi connectivity index (χ1) is 40.4. The number of piperidine rings is 1. The predicted molar refractivity (Wildman–Crippen MR) is 325 cm³/mol. The van der Waals surface area contributed by atoms with Gasteiger partial charge in [-0.25, -0.2) is 4.79 Å². The van der Waals surface area contributed by atoms with E-state index in [2.05, 4.69) is 22.5 Å². The number of aryl methyl sites for hydroxylation is 1. The lowest BCUT2D eigenvalue weighted by Crippen LogP contribution is -2.58. The smallest absolute Gasteiger partial charge is 0.329 e. The van der Waals surface area contributed by atoms with Crippen LogP contribution in [0.3, 0.4) is 0 Å². The fraction of sp³-hybridized carbons (Fsp3) is 0.537. The second-order valence-electron chi connectivity index (χ2n) is 23.9. The molecule has 5 rings (SSSR count). The van der Waals surface area contributed by atoms with Gasteiger partial charge >= 0.3 is 5.97 Å². The van der Waals surface area contributed by atoms with Crippen LogP contribution in [0.25, 0.3) is 0 Å². The van der Waals surface area contributed by atoms with Crippen molar-refractivity contribution in [3.05, 3.63) is 114 Å². The number of nitrogens with zero attached hydrogens (tertiary/aromatic N) is 2. The molecule has 1 saturated heterocycles. The highest BCUT2D eigenvalue weighted by Gasteiger charge is 2.43. The molecule has 0 radical (unpaired) electrons. The minimum Gasteiger partial charge on any atom is -0.493 e. The number of carbonyl (C=O) groups excluding carboxylic acids is 9. The molecule has 3 aromatic carbocycles. The van der Waals surface area contributed by atoms with Gasteiger partial charge in [-0.2, -0.15) is 0 Å². The van der Waals surface area contributed by atoms with E-state index in [0.29, 0.717) is 67.7 Å². The summed E-state index contributed by atoms with van der Waals surface area (Å²) in [5.41, 5.74) is 1.19. The molecule has 1 fully saturated rings. The number of nitrogens with one attached hydrogen (secondary N) is 3. The summed E-state index contributed by atoms with van der Waals surface area (Å²) in [4.78, 5) is 130. The molecule has 462 valence electrons. The summed E-state index contributed by atoms with van der Waals surface area (Å²) in [7, 11) is 4.60. The first kappa shape index (κ1) is 68.2. The van der Waals surface area contributed by atoms with Crippen molar-refractivity contribution in [3.8, 4) is 11.5 Å². The molecule has 85 heavy (non-hydrogen) atoms. The molecule has 3 aromatic rings. The van der Waals surface area contributed by atoms with Crippen LogP contribution in [0.4, 0.5) is 5.69 Å². The zero-order valence-corrected chi connectivity index (χ0v) is 51.8. The second-order valence-corrected chi connectivity index (χ2v) is 23.9. The lowest BCUT2D eigenvalue weighted by Gasteiger charge is -2.36. The van der Waals surface area contributed by atoms with Gasteiger partial charge in [-0.15, -0.1) is 0 Å². The SMILES string of the molecule is C=C1/C=C\CCC(C)C(=O)CNC(=O)C(C(C)CC)N(C)C(=O)[C@@H](Cc2ccccc2)NC(=O)C(CC(C)C)C(C)C(=O)CCC(=O)Nc2cccc(c2)[C@@H](CCc2ccc(OC)c(OC)c2)OC(=O)C2CCCCN2C(=O)C(=O)C(C)(C)CO1. The van der Waals surface area contributed by atoms with E-state index in [1.165, 1.54) is 24.0 Å². The molecule has 2 bridgehead atoms. The number of amides is 5. The van der Waals surface area contributed by atoms with Gasteiger partial charge in [-0.3, -0.25) is 38.4 Å². The number of ether oxygens (including phenoxy) is 4. The predicted octanol–water partition coefficient (Wildman–Crippen LogP) is 9.29. The number of cyclic esters (lactones) is 1. The van der Waals surface area contributed by atoms with E-state index < -0.39 is 88.7 Å². The molecule has 18 heteroatoms. The van der Waals surface area contributed by atoms with E-state index >= 15 is 0 Å². The van der Waals surface area contributed by atoms with Crippen molar-refractivity contribution >= 4 is 58.5 Å². The summed E-state index contributed by atoms with van der Waals surface area (Å²) in [5, 5.41) is 8.66. The molecule has 18 nitrogen and oxygen atoms in total. The standard InChI is InChI=1S/C67H91N5O13/c1-13-43(4)60-63(78)68-40-55(74)44(5)22-17-18-23-45(6)84-41-67(8,9)61(76)65(80)72-35-20-19-28-53(72)66(81)85-56(32-29-48-30-33-57(82-11)58(38-48)83-12)49-26-21-27-50(39-49)69-59(75)34-31-54(73)46(7)51(36-42(2)3)62(77)70-52(64(79)71(60)10)37-47-24-15-14-16-25-47/h14-16,18,21,23-27,30,33,38-39,42-44,46,51-53,56,60H,6,13,17,19-20,22,28-29,31-32,34-37,40-41H2,1-5,7-12H3,(H,68,78)(H,69,75)(H,70,77)/b23-18-/t43?,44?,46?,51?,52-,53?,56-,60?/m1/s1. The fourth-order valence-corrected chi connectivity index (χ4v) is 10.8. The van der Waals surface area contributed by atoms with Crippen molar-refractivity contribution in [1.82, 2.24) is 20.4 Å². The van der Waals surface area contributed by atoms with Crippen molar-refractivity contribution in [1.29, 1.82) is 0 Å². The first-order valence-corrected chi connectivity index (χ1v) is 30.0. The zero-order valence-electron chi connectivity index (χ0n) is 51.8. The molecule has 0 spiro atoms. The Morgan fingerprint density at radius 2 is 1.53 bits per heavy atom. The van der Waals surface area contributed by atoms with Gasteiger partial charge in [-0.1, -0.05) is 109 Å². The van der Waals surface area contributed by atoms with Crippen molar-refractivity contribution in [2.45, 2.75) is 157 Å². The second kappa shape index (κ2) is 32.6. The number of methoxy groups -OCH3 is 2. The van der Waals surface area contributed by atoms with Gasteiger partial charge in [0.05, 0.1) is 26.2 Å². The third kappa shape index (κ3) is 19.7. The van der Waals surface area contributed by atoms with Crippen LogP contribution in [0.5, 0.6) is 11.5 Å². The fourth-order valence-electron chi connectivity index (χ4n) is 10.8. The average Bonchev–Trinajstić information content (AvgIpc) is 3.67. The van der Waals surface area contributed by atoms with Gasteiger partial charge in [0, 0.05) is 56.3 Å². The zero-order chi connectivity index (χ0) is 62.5. The highest BCUT2D eigenvalue weighted by atomic mass is 16.5. The molecule has 5 amide bonds. The van der Waals surface area contributed by atoms with Gasteiger partial charge in [0.2, 0.25) is 29.4 Å². The van der Waals surface area contributed by atoms with E-state index in [9.17, 15) is 43.2 Å². The number of ketones is 3. The highest BCUT2D eigenvalue weighted by molar-refractivity contribution is 6.38. The Morgan fingerprint density at radius 1 is 0.812 bits per heavy atom. The minimum absolute atomic E-state index is 0.0367. The maximum atomic E-state index is 14.8. The Bertz CT molecular complexity index is 2870. The number of hydrogen-bond acceptors (Lipinski definition) is 13. The van der Waals surface area contributed by atoms with Crippen LogP contribution in [-0.2, 0) is 65.5 Å². The quantitative estimate of drug-likeness (QED) is 0.120. The molecule has 0 aromatic heterocycles. The topological polar surface area (TPSA) is 233 Å². The van der Waals surface area contributed by atoms with E-state index in [0.717, 1.165) is 11.1 Å². The maximum Gasteiger partial charge on any atom is 0.329 e. The van der Waals surface area contributed by atoms with Crippen LogP contribution in [0.1, 0.15) is 142 Å². The Labute approximate surface area is 502 Å². The molecular formula is C67H91N5O13. The third-order valence-corrected chi connectivity index (χ3v) is 16.3. The monoisotopic (exact) mass is 1170 g/mol. The number of fused-ring (bicyclic) bond motifs is 3. The number of anilines is 1. The van der Waals surface area contributed by atoms with Crippen LogP contribution in [-0.4, -0.2) is 122 Å². The van der Waals surface area contributed by atoms with Gasteiger partial charge in [0.15, 0.2) is 17.3 Å². The van der Waals surface area contributed by atoms with Gasteiger partial charge in [0.1, 0.15) is 42.4 Å². The van der Waals surface area contributed by atoms with E-state index in [-0.39, 0.29) is 81.0 Å². The molecule has 6 unspecified atom stereocenters. The number of Topliss-reactive ketones (excluding diaryl/α,β-unsaturated/α-hetero) is 3. The number of likely N-dealkylation sites (N-methyl/N-ethyl adjacent to an activating group) is 1. The van der Waals surface area contributed by atoms with Crippen LogP contribution >= 0.6 is 0 Å². The lowest BCUT2D eigenvalue weighted by molar-refractivity contribution is -0.165. The number of hydrogen-bond donors (Lipinski definition) is 3. The first-order valence-electron chi connectivity index (χ1n) is 30.0. The molecular weight excluding hydrogens is 1080 g/mol. The normalized spacial score (nSPS) is 24.5. The summed E-state index contributed by atoms with van der Waals surface area (Å²) in [6.45, 7) is 17.9. The van der Waals surface area contributed by atoms with Gasteiger partial charge in [-0.05, 0) is 124 Å². The van der Waals surface area contributed by atoms with E-state index in [1.807, 2.05) is 70.2 Å². The number of benzene rings is 3. The number of rotatable bonds is 11. The van der Waals surface area contributed by atoms with Crippen molar-refractivity contribution < 1.29 is 62.1 Å². The molecule has 2 aliphatic rings. The highest BCUT2D eigenvalue weighted by Crippen LogP contribution is 2.33. The molecule has 0 saturated carbocycles. The van der Waals surface area contributed by atoms with Crippen molar-refractivity contribution in [3.63, 3.8) is 0 Å². The summed E-state index contributed by atoms with van der Waals surface area (Å²) >= 11 is 0. The largest absolute Gasteiger partial charge is 0.493 e. The third-order valence-electron chi connectivity index (χ3n) is 16.3. The Morgan fingerprint density at radius 3 is 2.21 bits per heavy atom. The summed E-state index contributed by atoms with van der Waals surface area (Å²) in [6, 6.07) is 18.3. The average molecular weight is 1170 g/mol. The number of carbonyl (C=O) groups is 9. The van der Waals surface area contributed by atoms with Crippen molar-refractivity contribution in [2.75, 3.05) is 46.3 Å². The Kier molecular flexibility index (Phi) is 26.1.